The van der Waals surface area contributed by atoms with Crippen LogP contribution >= 0.6 is 15.9 Å². The van der Waals surface area contributed by atoms with E-state index < -0.39 is 23.1 Å². The number of carbonyl (C=O) groups excluding carboxylic acids is 2. The van der Waals surface area contributed by atoms with Gasteiger partial charge in [-0.15, -0.1) is 0 Å². The highest BCUT2D eigenvalue weighted by Gasteiger charge is 2.47. The van der Waals surface area contributed by atoms with E-state index in [1.807, 2.05) is 0 Å². The molecule has 1 aliphatic heterocycles. The maximum absolute atomic E-state index is 13.2. The molecule has 28 heavy (non-hydrogen) atoms. The lowest BCUT2D eigenvalue weighted by molar-refractivity contribution is -0.123. The first-order valence-electron chi connectivity index (χ1n) is 8.72. The second-order valence-electron chi connectivity index (χ2n) is 7.50. The van der Waals surface area contributed by atoms with Crippen LogP contribution in [0.4, 0.5) is 5.69 Å². The number of halogens is 1. The lowest BCUT2D eigenvalue weighted by Crippen LogP contribution is -2.33. The van der Waals surface area contributed by atoms with Crippen LogP contribution in [0.25, 0.3) is 0 Å². The van der Waals surface area contributed by atoms with Crippen molar-refractivity contribution in [2.24, 2.45) is 5.41 Å². The highest BCUT2D eigenvalue weighted by atomic mass is 79.9. The van der Waals surface area contributed by atoms with Gasteiger partial charge in [0.05, 0.1) is 30.6 Å². The van der Waals surface area contributed by atoms with Gasteiger partial charge >= 0.3 is 0 Å². The fourth-order valence-electron chi connectivity index (χ4n) is 3.20. The third-order valence-corrected chi connectivity index (χ3v) is 5.03. The summed E-state index contributed by atoms with van der Waals surface area (Å²) in [6.07, 6.45) is 1.52. The van der Waals surface area contributed by atoms with E-state index >= 15 is 0 Å². The first kappa shape index (κ1) is 20.1. The zero-order valence-electron chi connectivity index (χ0n) is 16.1. The Balaban J connectivity index is 2.25. The molecule has 2 aromatic rings. The molecule has 7 heteroatoms. The number of benzene rings is 1. The van der Waals surface area contributed by atoms with Crippen LogP contribution in [0, 0.1) is 5.41 Å². The van der Waals surface area contributed by atoms with Crippen LogP contribution in [0.3, 0.4) is 0 Å². The van der Waals surface area contributed by atoms with Gasteiger partial charge in [-0.2, -0.15) is 0 Å². The Labute approximate surface area is 172 Å². The molecule has 0 saturated heterocycles. The highest BCUT2D eigenvalue weighted by molar-refractivity contribution is 9.10. The van der Waals surface area contributed by atoms with Gasteiger partial charge in [-0.1, -0.05) is 39.0 Å². The van der Waals surface area contributed by atoms with E-state index in [1.54, 1.807) is 57.2 Å². The van der Waals surface area contributed by atoms with Gasteiger partial charge in [0, 0.05) is 11.0 Å². The van der Waals surface area contributed by atoms with Crippen LogP contribution in [0.2, 0.25) is 0 Å². The molecule has 0 fully saturated rings. The van der Waals surface area contributed by atoms with Crippen LogP contribution in [-0.4, -0.2) is 28.9 Å². The maximum Gasteiger partial charge on any atom is 0.294 e. The molecular weight excluding hydrogens is 424 g/mol. The molecule has 3 rings (SSSR count). The number of amides is 1. The van der Waals surface area contributed by atoms with Gasteiger partial charge in [0.1, 0.15) is 10.4 Å². The summed E-state index contributed by atoms with van der Waals surface area (Å²) in [6.45, 7) is 5.26. The summed E-state index contributed by atoms with van der Waals surface area (Å²) < 4.78 is 6.08. The van der Waals surface area contributed by atoms with Crippen molar-refractivity contribution in [1.29, 1.82) is 0 Å². The first-order chi connectivity index (χ1) is 13.2. The van der Waals surface area contributed by atoms with Crippen molar-refractivity contribution in [1.82, 2.24) is 4.98 Å². The van der Waals surface area contributed by atoms with Crippen LogP contribution < -0.4 is 9.64 Å². The van der Waals surface area contributed by atoms with Gasteiger partial charge in [-0.3, -0.25) is 14.5 Å². The summed E-state index contributed by atoms with van der Waals surface area (Å²) in [7, 11) is 1.52. The van der Waals surface area contributed by atoms with E-state index in [0.717, 1.165) is 0 Å². The fourth-order valence-corrected chi connectivity index (χ4v) is 3.44. The van der Waals surface area contributed by atoms with Crippen LogP contribution in [0.15, 0.2) is 58.5 Å². The molecular formula is C21H21BrN2O4. The molecule has 146 valence electrons. The molecule has 6 nitrogen and oxygen atoms in total. The second-order valence-corrected chi connectivity index (χ2v) is 8.31. The number of hydrogen-bond acceptors (Lipinski definition) is 5. The zero-order chi connectivity index (χ0) is 20.6. The monoisotopic (exact) mass is 444 g/mol. The van der Waals surface area contributed by atoms with Crippen molar-refractivity contribution in [3.05, 3.63) is 64.1 Å². The van der Waals surface area contributed by atoms with Crippen molar-refractivity contribution in [2.75, 3.05) is 12.0 Å². The Kier molecular flexibility index (Phi) is 5.30. The Hall–Kier alpha value is -2.67. The lowest BCUT2D eigenvalue weighted by Gasteiger charge is -2.29. The molecule has 1 amide bonds. The summed E-state index contributed by atoms with van der Waals surface area (Å²) in [5.41, 5.74) is 0.355. The number of methoxy groups -OCH3 is 1. The van der Waals surface area contributed by atoms with E-state index in [1.165, 1.54) is 18.2 Å². The molecule has 0 bridgehead atoms. The average molecular weight is 445 g/mol. The minimum atomic E-state index is -0.821. The predicted octanol–water partition coefficient (Wildman–Crippen LogP) is 4.37. The average Bonchev–Trinajstić information content (AvgIpc) is 2.92. The maximum atomic E-state index is 13.2. The number of aromatic nitrogens is 1. The van der Waals surface area contributed by atoms with Crippen molar-refractivity contribution in [2.45, 2.75) is 26.8 Å². The van der Waals surface area contributed by atoms with Crippen LogP contribution in [0.1, 0.15) is 32.4 Å². The third kappa shape index (κ3) is 3.42. The number of Topliss-reactive ketones (excluding diaryl/α,β-unsaturated/α-hetero) is 1. The minimum Gasteiger partial charge on any atom is -0.503 e. The van der Waals surface area contributed by atoms with E-state index in [0.29, 0.717) is 21.6 Å². The highest BCUT2D eigenvalue weighted by Crippen LogP contribution is 2.45. The fraction of sp³-hybridized carbons (Fsp3) is 0.286. The number of nitrogens with zero attached hydrogens (tertiary/aromatic N) is 2. The van der Waals surface area contributed by atoms with Crippen LogP contribution in [0.5, 0.6) is 5.75 Å². The van der Waals surface area contributed by atoms with E-state index in [9.17, 15) is 14.7 Å². The molecule has 1 unspecified atom stereocenters. The zero-order valence-corrected chi connectivity index (χ0v) is 17.6. The molecule has 1 aliphatic rings. The molecule has 2 heterocycles. The second kappa shape index (κ2) is 7.39. The molecule has 0 aliphatic carbocycles. The standard InChI is InChI=1S/C21H21BrN2O4/c1-21(2,3)19(26)16-17(13-7-5-6-8-14(13)28-4)24(20(27)18(16)25)12-9-10-15(22)23-11-12/h5-11,17,25H,1-4H3. The SMILES string of the molecule is COc1ccccc1C1C(C(=O)C(C)(C)C)=C(O)C(=O)N1c1ccc(Br)nc1. The van der Waals surface area contributed by atoms with Gasteiger partial charge in [0.15, 0.2) is 11.5 Å². The smallest absolute Gasteiger partial charge is 0.294 e. The minimum absolute atomic E-state index is 0.0601. The summed E-state index contributed by atoms with van der Waals surface area (Å²) in [5, 5.41) is 10.7. The molecule has 0 spiro atoms. The normalized spacial score (nSPS) is 17.2. The number of para-hydroxylation sites is 1. The summed E-state index contributed by atoms with van der Waals surface area (Å²) in [6, 6.07) is 9.72. The molecule has 1 N–H and O–H groups in total. The van der Waals surface area contributed by atoms with Gasteiger partial charge < -0.3 is 9.84 Å². The Morgan fingerprint density at radius 3 is 2.46 bits per heavy atom. The predicted molar refractivity (Wildman–Crippen MR) is 109 cm³/mol. The number of hydrogen-bond donors (Lipinski definition) is 1. The van der Waals surface area contributed by atoms with Gasteiger partial charge in [0.25, 0.3) is 5.91 Å². The molecule has 1 aromatic carbocycles. The van der Waals surface area contributed by atoms with E-state index in [4.69, 9.17) is 4.74 Å². The summed E-state index contributed by atoms with van der Waals surface area (Å²) in [4.78, 5) is 31.7. The summed E-state index contributed by atoms with van der Waals surface area (Å²) in [5.74, 6) is -0.975. The largest absolute Gasteiger partial charge is 0.503 e. The van der Waals surface area contributed by atoms with Gasteiger partial charge in [-0.25, -0.2) is 4.98 Å². The van der Waals surface area contributed by atoms with E-state index in [-0.39, 0.29) is 11.4 Å². The lowest BCUT2D eigenvalue weighted by atomic mass is 9.82. The van der Waals surface area contributed by atoms with Crippen molar-refractivity contribution < 1.29 is 19.4 Å². The van der Waals surface area contributed by atoms with Crippen molar-refractivity contribution in [3.63, 3.8) is 0 Å². The van der Waals surface area contributed by atoms with Crippen molar-refractivity contribution >= 4 is 33.3 Å². The Morgan fingerprint density at radius 2 is 1.89 bits per heavy atom. The van der Waals surface area contributed by atoms with E-state index in [2.05, 4.69) is 20.9 Å². The number of aliphatic hydroxyl groups is 1. The number of rotatable bonds is 4. The molecule has 1 aromatic heterocycles. The number of anilines is 1. The van der Waals surface area contributed by atoms with Crippen molar-refractivity contribution in [3.8, 4) is 5.75 Å². The number of pyridine rings is 1. The molecule has 0 saturated carbocycles. The Morgan fingerprint density at radius 1 is 1.21 bits per heavy atom. The Bertz CT molecular complexity index is 961. The molecule has 0 radical (unpaired) electrons. The van der Waals surface area contributed by atoms with Gasteiger partial charge in [-0.05, 0) is 34.1 Å². The number of carbonyl (C=O) groups is 2. The molecule has 1 atom stereocenters. The van der Waals surface area contributed by atoms with Crippen LogP contribution in [-0.2, 0) is 9.59 Å². The number of ketones is 1. The quantitative estimate of drug-likeness (QED) is 0.708. The van der Waals surface area contributed by atoms with Gasteiger partial charge in [0.2, 0.25) is 0 Å². The summed E-state index contributed by atoms with van der Waals surface area (Å²) >= 11 is 3.28. The third-order valence-electron chi connectivity index (χ3n) is 4.56. The number of ether oxygens (including phenoxy) is 1. The first-order valence-corrected chi connectivity index (χ1v) is 9.52. The number of aliphatic hydroxyl groups excluding tert-OH is 1. The topological polar surface area (TPSA) is 79.7 Å².